The van der Waals surface area contributed by atoms with Gasteiger partial charge in [-0.25, -0.2) is 4.98 Å². The van der Waals surface area contributed by atoms with Gasteiger partial charge < -0.3 is 15.4 Å². The molecule has 0 aliphatic carbocycles. The number of imidazole rings is 1. The summed E-state index contributed by atoms with van der Waals surface area (Å²) in [4.78, 5) is 29.2. The first-order chi connectivity index (χ1) is 9.16. The van der Waals surface area contributed by atoms with Gasteiger partial charge >= 0.3 is 5.97 Å². The van der Waals surface area contributed by atoms with Crippen molar-refractivity contribution >= 4 is 22.9 Å². The average Bonchev–Trinajstić information content (AvgIpc) is 2.84. The summed E-state index contributed by atoms with van der Waals surface area (Å²) in [6.07, 6.45) is 2.94. The van der Waals surface area contributed by atoms with Crippen LogP contribution in [0.4, 0.5) is 0 Å². The molecule has 0 aliphatic rings. The predicted octanol–water partition coefficient (Wildman–Crippen LogP) is 1.55. The number of unbranched alkanes of at least 4 members (excludes halogenated alkanes) is 1. The molecule has 0 saturated heterocycles. The Kier molecular flexibility index (Phi) is 4.12. The lowest BCUT2D eigenvalue weighted by Gasteiger charge is -2.04. The van der Waals surface area contributed by atoms with Gasteiger partial charge in [0.1, 0.15) is 0 Å². The SMILES string of the molecule is O=C(O)CCCCNC(=O)c1ccc2nc[nH]c2c1. The molecule has 0 spiro atoms. The van der Waals surface area contributed by atoms with Crippen molar-refractivity contribution in [2.24, 2.45) is 0 Å². The number of carboxylic acid groups (broad SMARTS) is 1. The lowest BCUT2D eigenvalue weighted by molar-refractivity contribution is -0.137. The van der Waals surface area contributed by atoms with E-state index in [1.807, 2.05) is 0 Å². The highest BCUT2D eigenvalue weighted by atomic mass is 16.4. The molecule has 1 aromatic carbocycles. The maximum atomic E-state index is 11.8. The number of nitrogens with one attached hydrogen (secondary N) is 2. The van der Waals surface area contributed by atoms with Gasteiger partial charge in [0.2, 0.25) is 0 Å². The van der Waals surface area contributed by atoms with Crippen LogP contribution < -0.4 is 5.32 Å². The molecule has 2 rings (SSSR count). The minimum atomic E-state index is -0.809. The third-order valence-electron chi connectivity index (χ3n) is 2.79. The highest BCUT2D eigenvalue weighted by Crippen LogP contribution is 2.11. The van der Waals surface area contributed by atoms with Crippen molar-refractivity contribution in [3.05, 3.63) is 30.1 Å². The summed E-state index contributed by atoms with van der Waals surface area (Å²) in [6, 6.07) is 5.25. The number of hydrogen-bond donors (Lipinski definition) is 3. The van der Waals surface area contributed by atoms with Crippen LogP contribution in [0.2, 0.25) is 0 Å². The van der Waals surface area contributed by atoms with Crippen LogP contribution in [-0.4, -0.2) is 33.5 Å². The monoisotopic (exact) mass is 261 g/mol. The van der Waals surface area contributed by atoms with Gasteiger partial charge in [-0.2, -0.15) is 0 Å². The molecule has 6 nitrogen and oxygen atoms in total. The van der Waals surface area contributed by atoms with Gasteiger partial charge in [-0.05, 0) is 31.0 Å². The first-order valence-electron chi connectivity index (χ1n) is 6.10. The lowest BCUT2D eigenvalue weighted by Crippen LogP contribution is -2.24. The Morgan fingerprint density at radius 1 is 1.32 bits per heavy atom. The van der Waals surface area contributed by atoms with Crippen molar-refractivity contribution in [2.75, 3.05) is 6.54 Å². The number of benzene rings is 1. The molecule has 100 valence electrons. The van der Waals surface area contributed by atoms with Crippen LogP contribution in [0.25, 0.3) is 11.0 Å². The van der Waals surface area contributed by atoms with Crippen LogP contribution in [-0.2, 0) is 4.79 Å². The molecule has 3 N–H and O–H groups in total. The molecule has 0 atom stereocenters. The lowest BCUT2D eigenvalue weighted by atomic mass is 10.2. The van der Waals surface area contributed by atoms with Crippen LogP contribution in [0, 0.1) is 0 Å². The summed E-state index contributed by atoms with van der Waals surface area (Å²) in [6.45, 7) is 0.479. The summed E-state index contributed by atoms with van der Waals surface area (Å²) >= 11 is 0. The number of carbonyl (C=O) groups excluding carboxylic acids is 1. The van der Waals surface area contributed by atoms with E-state index in [9.17, 15) is 9.59 Å². The van der Waals surface area contributed by atoms with E-state index < -0.39 is 5.97 Å². The fourth-order valence-corrected chi connectivity index (χ4v) is 1.78. The van der Waals surface area contributed by atoms with Gasteiger partial charge in [-0.15, -0.1) is 0 Å². The van der Waals surface area contributed by atoms with E-state index in [1.54, 1.807) is 24.5 Å². The molecule has 0 unspecified atom stereocenters. The average molecular weight is 261 g/mol. The predicted molar refractivity (Wildman–Crippen MR) is 69.9 cm³/mol. The highest BCUT2D eigenvalue weighted by molar-refractivity contribution is 5.97. The molecule has 0 fully saturated rings. The van der Waals surface area contributed by atoms with Crippen molar-refractivity contribution in [1.29, 1.82) is 0 Å². The van der Waals surface area contributed by atoms with E-state index in [2.05, 4.69) is 15.3 Å². The number of nitrogens with zero attached hydrogens (tertiary/aromatic N) is 1. The fraction of sp³-hybridized carbons (Fsp3) is 0.308. The number of aromatic amines is 1. The maximum Gasteiger partial charge on any atom is 0.303 e. The molecular weight excluding hydrogens is 246 g/mol. The summed E-state index contributed by atoms with van der Waals surface area (Å²) < 4.78 is 0. The smallest absolute Gasteiger partial charge is 0.303 e. The van der Waals surface area contributed by atoms with E-state index in [0.717, 1.165) is 11.0 Å². The molecule has 0 bridgehead atoms. The molecule has 1 heterocycles. The standard InChI is InChI=1S/C13H15N3O3/c17-12(18)3-1-2-6-14-13(19)9-4-5-10-11(7-9)16-8-15-10/h4-5,7-8H,1-3,6H2,(H,14,19)(H,15,16)(H,17,18). The summed E-state index contributed by atoms with van der Waals surface area (Å²) in [5.41, 5.74) is 2.20. The number of H-pyrrole nitrogens is 1. The van der Waals surface area contributed by atoms with Crippen LogP contribution in [0.15, 0.2) is 24.5 Å². The number of fused-ring (bicyclic) bond motifs is 1. The third-order valence-corrected chi connectivity index (χ3v) is 2.79. The molecule has 1 amide bonds. The Morgan fingerprint density at radius 3 is 2.95 bits per heavy atom. The molecule has 1 aromatic heterocycles. The van der Waals surface area contributed by atoms with Crippen LogP contribution in [0.1, 0.15) is 29.6 Å². The largest absolute Gasteiger partial charge is 0.481 e. The zero-order valence-electron chi connectivity index (χ0n) is 10.3. The molecule has 19 heavy (non-hydrogen) atoms. The van der Waals surface area contributed by atoms with Crippen LogP contribution in [0.5, 0.6) is 0 Å². The first-order valence-corrected chi connectivity index (χ1v) is 6.10. The summed E-state index contributed by atoms with van der Waals surface area (Å²) in [5, 5.41) is 11.2. The first kappa shape index (κ1) is 13.1. The van der Waals surface area contributed by atoms with E-state index in [0.29, 0.717) is 24.9 Å². The molecule has 0 aliphatic heterocycles. The van der Waals surface area contributed by atoms with Gasteiger partial charge in [0, 0.05) is 18.5 Å². The highest BCUT2D eigenvalue weighted by Gasteiger charge is 2.06. The normalized spacial score (nSPS) is 10.5. The Hall–Kier alpha value is -2.37. The number of rotatable bonds is 6. The quantitative estimate of drug-likeness (QED) is 0.687. The topological polar surface area (TPSA) is 95.1 Å². The minimum Gasteiger partial charge on any atom is -0.481 e. The van der Waals surface area contributed by atoms with Crippen molar-refractivity contribution in [1.82, 2.24) is 15.3 Å². The van der Waals surface area contributed by atoms with Crippen molar-refractivity contribution < 1.29 is 14.7 Å². The second-order valence-corrected chi connectivity index (χ2v) is 4.24. The summed E-state index contributed by atoms with van der Waals surface area (Å²) in [7, 11) is 0. The van der Waals surface area contributed by atoms with Gasteiger partial charge in [-0.1, -0.05) is 0 Å². The number of hydrogen-bond acceptors (Lipinski definition) is 3. The number of amides is 1. The van der Waals surface area contributed by atoms with E-state index in [4.69, 9.17) is 5.11 Å². The third kappa shape index (κ3) is 3.54. The van der Waals surface area contributed by atoms with Crippen molar-refractivity contribution in [2.45, 2.75) is 19.3 Å². The Morgan fingerprint density at radius 2 is 2.16 bits per heavy atom. The van der Waals surface area contributed by atoms with Gasteiger partial charge in [0.15, 0.2) is 0 Å². The van der Waals surface area contributed by atoms with Crippen LogP contribution >= 0.6 is 0 Å². The van der Waals surface area contributed by atoms with Gasteiger partial charge in [0.05, 0.1) is 17.4 Å². The number of carbonyl (C=O) groups is 2. The summed E-state index contributed by atoms with van der Waals surface area (Å²) in [5.74, 6) is -0.970. The molecule has 0 saturated carbocycles. The number of aromatic nitrogens is 2. The van der Waals surface area contributed by atoms with Gasteiger partial charge in [0.25, 0.3) is 5.91 Å². The zero-order chi connectivity index (χ0) is 13.7. The number of carboxylic acids is 1. The molecule has 0 radical (unpaired) electrons. The van der Waals surface area contributed by atoms with E-state index in [1.165, 1.54) is 0 Å². The van der Waals surface area contributed by atoms with Crippen molar-refractivity contribution in [3.8, 4) is 0 Å². The van der Waals surface area contributed by atoms with Crippen LogP contribution in [0.3, 0.4) is 0 Å². The molecule has 2 aromatic rings. The van der Waals surface area contributed by atoms with E-state index in [-0.39, 0.29) is 12.3 Å². The Balaban J connectivity index is 1.84. The molecule has 6 heteroatoms. The minimum absolute atomic E-state index is 0.135. The second-order valence-electron chi connectivity index (χ2n) is 4.24. The Labute approximate surface area is 109 Å². The zero-order valence-corrected chi connectivity index (χ0v) is 10.3. The van der Waals surface area contributed by atoms with Gasteiger partial charge in [-0.3, -0.25) is 9.59 Å². The van der Waals surface area contributed by atoms with Crippen molar-refractivity contribution in [3.63, 3.8) is 0 Å². The Bertz CT molecular complexity index is 592. The second kappa shape index (κ2) is 5.99. The van der Waals surface area contributed by atoms with E-state index >= 15 is 0 Å². The fourth-order valence-electron chi connectivity index (χ4n) is 1.78. The molecular formula is C13H15N3O3. The number of aliphatic carboxylic acids is 1. The maximum absolute atomic E-state index is 11.8.